The highest BCUT2D eigenvalue weighted by Gasteiger charge is 2.22. The van der Waals surface area contributed by atoms with Gasteiger partial charge in [-0.15, -0.1) is 11.3 Å². The van der Waals surface area contributed by atoms with Gasteiger partial charge in [-0.2, -0.15) is 4.98 Å². The van der Waals surface area contributed by atoms with Crippen LogP contribution in [0.2, 0.25) is 0 Å². The summed E-state index contributed by atoms with van der Waals surface area (Å²) in [6.07, 6.45) is 0. The quantitative estimate of drug-likeness (QED) is 0.917. The van der Waals surface area contributed by atoms with Gasteiger partial charge in [-0.05, 0) is 16.9 Å². The Morgan fingerprint density at radius 2 is 1.95 bits per heavy atom. The first-order valence-electron chi connectivity index (χ1n) is 7.52. The molecule has 2 aromatic rings. The largest absolute Gasteiger partial charge is 0.383 e. The molecule has 6 nitrogen and oxygen atoms in total. The molecule has 1 aliphatic rings. The SMILES string of the molecule is CC(=O)N1CCN(c2nc(N)c3c(C(C)C)csc3n2)CC1. The van der Waals surface area contributed by atoms with Crippen LogP contribution in [0.15, 0.2) is 5.38 Å². The molecule has 2 aromatic heterocycles. The molecule has 1 saturated heterocycles. The Hall–Kier alpha value is -1.89. The first kappa shape index (κ1) is 15.0. The molecule has 0 aromatic carbocycles. The van der Waals surface area contributed by atoms with E-state index < -0.39 is 0 Å². The normalized spacial score (nSPS) is 15.8. The van der Waals surface area contributed by atoms with Crippen molar-refractivity contribution in [1.82, 2.24) is 14.9 Å². The molecule has 0 bridgehead atoms. The minimum atomic E-state index is 0.121. The van der Waals surface area contributed by atoms with Crippen LogP contribution in [0.25, 0.3) is 10.2 Å². The fourth-order valence-electron chi connectivity index (χ4n) is 2.77. The highest BCUT2D eigenvalue weighted by Crippen LogP contribution is 2.34. The molecule has 1 amide bonds. The molecule has 0 saturated carbocycles. The maximum Gasteiger partial charge on any atom is 0.228 e. The maximum atomic E-state index is 11.4. The molecule has 3 heterocycles. The first-order chi connectivity index (χ1) is 10.5. The number of aromatic nitrogens is 2. The van der Waals surface area contributed by atoms with E-state index in [0.717, 1.165) is 23.3 Å². The van der Waals surface area contributed by atoms with Crippen LogP contribution < -0.4 is 10.6 Å². The van der Waals surface area contributed by atoms with E-state index in [1.165, 1.54) is 5.56 Å². The van der Waals surface area contributed by atoms with E-state index in [-0.39, 0.29) is 5.91 Å². The van der Waals surface area contributed by atoms with Gasteiger partial charge in [0.25, 0.3) is 0 Å². The number of hydrogen-bond donors (Lipinski definition) is 1. The van der Waals surface area contributed by atoms with Crippen LogP contribution in [0.3, 0.4) is 0 Å². The zero-order valence-corrected chi connectivity index (χ0v) is 14.0. The van der Waals surface area contributed by atoms with Gasteiger partial charge in [-0.1, -0.05) is 13.8 Å². The lowest BCUT2D eigenvalue weighted by molar-refractivity contribution is -0.129. The van der Waals surface area contributed by atoms with E-state index in [9.17, 15) is 4.79 Å². The number of nitrogen functional groups attached to an aromatic ring is 1. The molecule has 22 heavy (non-hydrogen) atoms. The topological polar surface area (TPSA) is 75.4 Å². The van der Waals surface area contributed by atoms with Crippen molar-refractivity contribution < 1.29 is 4.79 Å². The number of amides is 1. The highest BCUT2D eigenvalue weighted by molar-refractivity contribution is 7.17. The number of hydrogen-bond acceptors (Lipinski definition) is 6. The maximum absolute atomic E-state index is 11.4. The third-order valence-electron chi connectivity index (χ3n) is 4.11. The number of nitrogens with two attached hydrogens (primary N) is 1. The molecule has 1 aliphatic heterocycles. The number of piperazine rings is 1. The van der Waals surface area contributed by atoms with Crippen molar-refractivity contribution in [2.75, 3.05) is 36.8 Å². The molecule has 3 rings (SSSR count). The molecule has 1 fully saturated rings. The van der Waals surface area contributed by atoms with Crippen molar-refractivity contribution in [2.45, 2.75) is 26.7 Å². The number of nitrogens with zero attached hydrogens (tertiary/aromatic N) is 4. The average molecular weight is 319 g/mol. The predicted molar refractivity (Wildman–Crippen MR) is 90.4 cm³/mol. The van der Waals surface area contributed by atoms with Crippen LogP contribution >= 0.6 is 11.3 Å². The van der Waals surface area contributed by atoms with E-state index in [2.05, 4.69) is 34.1 Å². The number of fused-ring (bicyclic) bond motifs is 1. The van der Waals surface area contributed by atoms with Crippen LogP contribution in [0.1, 0.15) is 32.3 Å². The second-order valence-electron chi connectivity index (χ2n) is 5.93. The molecule has 0 unspecified atom stereocenters. The monoisotopic (exact) mass is 319 g/mol. The molecule has 0 aliphatic carbocycles. The van der Waals surface area contributed by atoms with Crippen molar-refractivity contribution in [1.29, 1.82) is 0 Å². The van der Waals surface area contributed by atoms with Gasteiger partial charge in [-0.3, -0.25) is 4.79 Å². The summed E-state index contributed by atoms with van der Waals surface area (Å²) in [5.41, 5.74) is 7.40. The van der Waals surface area contributed by atoms with Crippen molar-refractivity contribution in [3.8, 4) is 0 Å². The number of thiophene rings is 1. The van der Waals surface area contributed by atoms with E-state index in [1.807, 2.05) is 4.90 Å². The molecule has 2 N–H and O–H groups in total. The average Bonchev–Trinajstić information content (AvgIpc) is 2.92. The second-order valence-corrected chi connectivity index (χ2v) is 6.79. The van der Waals surface area contributed by atoms with Crippen molar-refractivity contribution >= 4 is 39.2 Å². The van der Waals surface area contributed by atoms with Gasteiger partial charge in [0.05, 0.1) is 5.39 Å². The summed E-state index contributed by atoms with van der Waals surface area (Å²) < 4.78 is 0. The molecule has 0 atom stereocenters. The lowest BCUT2D eigenvalue weighted by atomic mass is 10.0. The summed E-state index contributed by atoms with van der Waals surface area (Å²) in [4.78, 5) is 25.5. The Bertz CT molecular complexity index is 703. The van der Waals surface area contributed by atoms with Gasteiger partial charge >= 0.3 is 0 Å². The van der Waals surface area contributed by atoms with E-state index in [4.69, 9.17) is 5.73 Å². The Kier molecular flexibility index (Phi) is 3.90. The fraction of sp³-hybridized carbons (Fsp3) is 0.533. The van der Waals surface area contributed by atoms with Gasteiger partial charge in [-0.25, -0.2) is 4.98 Å². The Balaban J connectivity index is 1.88. The van der Waals surface area contributed by atoms with Crippen molar-refractivity contribution in [3.63, 3.8) is 0 Å². The zero-order valence-electron chi connectivity index (χ0n) is 13.2. The van der Waals surface area contributed by atoms with Gasteiger partial charge in [0.1, 0.15) is 10.6 Å². The standard InChI is InChI=1S/C15H21N5OS/c1-9(2)11-8-22-14-12(11)13(16)17-15(18-14)20-6-4-19(5-7-20)10(3)21/h8-9H,4-7H2,1-3H3,(H2,16,17,18). The molecular weight excluding hydrogens is 298 g/mol. The second kappa shape index (κ2) is 5.72. The Morgan fingerprint density at radius 1 is 1.27 bits per heavy atom. The van der Waals surface area contributed by atoms with Gasteiger partial charge in [0, 0.05) is 33.1 Å². The molecule has 0 radical (unpaired) electrons. The zero-order chi connectivity index (χ0) is 15.9. The van der Waals surface area contributed by atoms with Crippen LogP contribution in [-0.4, -0.2) is 47.0 Å². The molecular formula is C15H21N5OS. The summed E-state index contributed by atoms with van der Waals surface area (Å²) in [6, 6.07) is 0. The molecule has 0 spiro atoms. The first-order valence-corrected chi connectivity index (χ1v) is 8.40. The van der Waals surface area contributed by atoms with Gasteiger partial charge < -0.3 is 15.5 Å². The summed E-state index contributed by atoms with van der Waals surface area (Å²) in [5, 5.41) is 3.11. The van der Waals surface area contributed by atoms with Crippen LogP contribution in [0, 0.1) is 0 Å². The molecule has 7 heteroatoms. The van der Waals surface area contributed by atoms with Gasteiger partial charge in [0.15, 0.2) is 0 Å². The number of anilines is 2. The minimum Gasteiger partial charge on any atom is -0.383 e. The Labute approximate surface area is 133 Å². The summed E-state index contributed by atoms with van der Waals surface area (Å²) in [6.45, 7) is 8.80. The fourth-order valence-corrected chi connectivity index (χ4v) is 3.87. The van der Waals surface area contributed by atoms with Gasteiger partial charge in [0.2, 0.25) is 11.9 Å². The molecule has 118 valence electrons. The third-order valence-corrected chi connectivity index (χ3v) is 5.00. The van der Waals surface area contributed by atoms with E-state index in [1.54, 1.807) is 18.3 Å². The predicted octanol–water partition coefficient (Wildman–Crippen LogP) is 2.07. The van der Waals surface area contributed by atoms with E-state index in [0.29, 0.717) is 30.8 Å². The number of carbonyl (C=O) groups is 1. The number of carbonyl (C=O) groups excluding carboxylic acids is 1. The lowest BCUT2D eigenvalue weighted by Gasteiger charge is -2.34. The minimum absolute atomic E-state index is 0.121. The van der Waals surface area contributed by atoms with Crippen LogP contribution in [0.4, 0.5) is 11.8 Å². The number of rotatable bonds is 2. The lowest BCUT2D eigenvalue weighted by Crippen LogP contribution is -2.48. The van der Waals surface area contributed by atoms with Crippen molar-refractivity contribution in [2.24, 2.45) is 0 Å². The summed E-state index contributed by atoms with van der Waals surface area (Å²) >= 11 is 1.62. The summed E-state index contributed by atoms with van der Waals surface area (Å²) in [5.74, 6) is 1.75. The highest BCUT2D eigenvalue weighted by atomic mass is 32.1. The smallest absolute Gasteiger partial charge is 0.228 e. The summed E-state index contributed by atoms with van der Waals surface area (Å²) in [7, 11) is 0. The van der Waals surface area contributed by atoms with E-state index >= 15 is 0 Å². The Morgan fingerprint density at radius 3 is 2.55 bits per heavy atom. The van der Waals surface area contributed by atoms with Crippen LogP contribution in [0.5, 0.6) is 0 Å². The third kappa shape index (κ3) is 2.61. The van der Waals surface area contributed by atoms with Crippen molar-refractivity contribution in [3.05, 3.63) is 10.9 Å². The van der Waals surface area contributed by atoms with Crippen LogP contribution in [-0.2, 0) is 4.79 Å².